The van der Waals surface area contributed by atoms with E-state index in [1.165, 1.54) is 6.33 Å². The molecular formula is C14H22N6OS. The standard InChI is InChI=1S/C14H22N6OS/c1-9(2)22-5-10-3-19(4-11(10)21)8-20-7-18-12-13(15)16-6-17-14(12)20/h6-7,9-11,21H,3-5,8H2,1-2H3,(H2,15,16,17)/t10-,11+/m1/s1. The molecule has 3 N–H and O–H groups in total. The number of anilines is 1. The minimum Gasteiger partial charge on any atom is -0.391 e. The minimum atomic E-state index is -0.263. The van der Waals surface area contributed by atoms with Gasteiger partial charge in [-0.3, -0.25) is 4.90 Å². The number of aromatic nitrogens is 4. The summed E-state index contributed by atoms with van der Waals surface area (Å²) in [5.74, 6) is 1.72. The summed E-state index contributed by atoms with van der Waals surface area (Å²) in [4.78, 5) is 14.7. The van der Waals surface area contributed by atoms with Crippen molar-refractivity contribution in [3.8, 4) is 0 Å². The molecule has 1 saturated heterocycles. The normalized spacial score (nSPS) is 22.9. The van der Waals surface area contributed by atoms with Crippen molar-refractivity contribution in [3.63, 3.8) is 0 Å². The Hall–Kier alpha value is -1.38. The van der Waals surface area contributed by atoms with Gasteiger partial charge in [-0.1, -0.05) is 13.8 Å². The first-order valence-electron chi connectivity index (χ1n) is 7.48. The van der Waals surface area contributed by atoms with E-state index in [0.29, 0.717) is 35.7 Å². The average Bonchev–Trinajstić information content (AvgIpc) is 3.02. The van der Waals surface area contributed by atoms with Crippen LogP contribution in [0.2, 0.25) is 0 Å². The number of nitrogen functional groups attached to an aromatic ring is 1. The van der Waals surface area contributed by atoms with E-state index < -0.39 is 0 Å². The lowest BCUT2D eigenvalue weighted by atomic mass is 10.1. The Kier molecular flexibility index (Phi) is 4.51. The van der Waals surface area contributed by atoms with Gasteiger partial charge in [-0.05, 0) is 5.25 Å². The van der Waals surface area contributed by atoms with Gasteiger partial charge < -0.3 is 15.4 Å². The molecule has 0 spiro atoms. The second kappa shape index (κ2) is 6.39. The molecule has 0 radical (unpaired) electrons. The van der Waals surface area contributed by atoms with Crippen LogP contribution in [0.3, 0.4) is 0 Å². The van der Waals surface area contributed by atoms with Gasteiger partial charge in [-0.2, -0.15) is 11.8 Å². The Morgan fingerprint density at radius 1 is 1.36 bits per heavy atom. The number of fused-ring (bicyclic) bond motifs is 1. The van der Waals surface area contributed by atoms with Crippen molar-refractivity contribution in [2.75, 3.05) is 24.6 Å². The number of β-amino-alcohol motifs (C(OH)–C–C–N with tert-alkyl or cyclic N) is 1. The second-order valence-electron chi connectivity index (χ2n) is 6.03. The molecule has 22 heavy (non-hydrogen) atoms. The maximum Gasteiger partial charge on any atom is 0.166 e. The van der Waals surface area contributed by atoms with Crippen molar-refractivity contribution >= 4 is 28.7 Å². The molecule has 3 heterocycles. The number of thioether (sulfide) groups is 1. The van der Waals surface area contributed by atoms with Crippen molar-refractivity contribution in [1.29, 1.82) is 0 Å². The quantitative estimate of drug-likeness (QED) is 0.841. The number of rotatable bonds is 5. The molecule has 0 saturated carbocycles. The Balaban J connectivity index is 1.67. The van der Waals surface area contributed by atoms with Crippen LogP contribution in [-0.4, -0.2) is 59.7 Å². The predicted octanol–water partition coefficient (Wildman–Crippen LogP) is 0.800. The van der Waals surface area contributed by atoms with Crippen molar-refractivity contribution in [3.05, 3.63) is 12.7 Å². The van der Waals surface area contributed by atoms with Gasteiger partial charge in [0, 0.05) is 24.8 Å². The number of likely N-dealkylation sites (tertiary alicyclic amines) is 1. The van der Waals surface area contributed by atoms with Crippen molar-refractivity contribution in [2.24, 2.45) is 5.92 Å². The summed E-state index contributed by atoms with van der Waals surface area (Å²) in [6, 6.07) is 0. The largest absolute Gasteiger partial charge is 0.391 e. The molecule has 0 amide bonds. The molecule has 7 nitrogen and oxygen atoms in total. The first-order chi connectivity index (χ1) is 10.5. The Bertz CT molecular complexity index is 645. The number of hydrogen-bond donors (Lipinski definition) is 2. The summed E-state index contributed by atoms with van der Waals surface area (Å²) < 4.78 is 1.96. The van der Waals surface area contributed by atoms with E-state index in [-0.39, 0.29) is 6.10 Å². The molecule has 2 atom stereocenters. The van der Waals surface area contributed by atoms with E-state index in [9.17, 15) is 5.11 Å². The first-order valence-corrected chi connectivity index (χ1v) is 8.52. The number of imidazole rings is 1. The fourth-order valence-electron chi connectivity index (χ4n) is 2.75. The maximum absolute atomic E-state index is 10.2. The highest BCUT2D eigenvalue weighted by atomic mass is 32.2. The van der Waals surface area contributed by atoms with E-state index >= 15 is 0 Å². The average molecular weight is 322 g/mol. The lowest BCUT2D eigenvalue weighted by molar-refractivity contribution is 0.145. The molecule has 3 rings (SSSR count). The van der Waals surface area contributed by atoms with Gasteiger partial charge in [0.1, 0.15) is 11.8 Å². The van der Waals surface area contributed by atoms with Crippen LogP contribution in [-0.2, 0) is 6.67 Å². The molecule has 8 heteroatoms. The van der Waals surface area contributed by atoms with Crippen molar-refractivity contribution < 1.29 is 5.11 Å². The van der Waals surface area contributed by atoms with Crippen LogP contribution >= 0.6 is 11.8 Å². The van der Waals surface area contributed by atoms with Crippen LogP contribution in [0.4, 0.5) is 5.82 Å². The van der Waals surface area contributed by atoms with E-state index in [1.54, 1.807) is 6.33 Å². The van der Waals surface area contributed by atoms with Crippen LogP contribution in [0.15, 0.2) is 12.7 Å². The van der Waals surface area contributed by atoms with Crippen LogP contribution in [0.1, 0.15) is 13.8 Å². The fourth-order valence-corrected chi connectivity index (χ4v) is 3.71. The molecule has 1 aliphatic heterocycles. The summed E-state index contributed by atoms with van der Waals surface area (Å²) in [5.41, 5.74) is 7.18. The highest BCUT2D eigenvalue weighted by molar-refractivity contribution is 7.99. The van der Waals surface area contributed by atoms with Gasteiger partial charge in [-0.25, -0.2) is 15.0 Å². The van der Waals surface area contributed by atoms with Gasteiger partial charge in [0.05, 0.1) is 19.1 Å². The summed E-state index contributed by atoms with van der Waals surface area (Å²) in [6.45, 7) is 6.61. The maximum atomic E-state index is 10.2. The van der Waals surface area contributed by atoms with E-state index in [0.717, 1.165) is 17.9 Å². The van der Waals surface area contributed by atoms with Crippen LogP contribution in [0.25, 0.3) is 11.2 Å². The van der Waals surface area contributed by atoms with Crippen LogP contribution < -0.4 is 5.73 Å². The lowest BCUT2D eigenvalue weighted by Gasteiger charge is -2.16. The number of aliphatic hydroxyl groups excluding tert-OH is 1. The topological polar surface area (TPSA) is 93.1 Å². The summed E-state index contributed by atoms with van der Waals surface area (Å²) >= 11 is 1.90. The fraction of sp³-hybridized carbons (Fsp3) is 0.643. The van der Waals surface area contributed by atoms with Gasteiger partial charge in [0.2, 0.25) is 0 Å². The molecule has 120 valence electrons. The van der Waals surface area contributed by atoms with Gasteiger partial charge in [0.25, 0.3) is 0 Å². The summed E-state index contributed by atoms with van der Waals surface area (Å²) in [5, 5.41) is 10.8. The molecule has 2 aromatic rings. The third-order valence-electron chi connectivity index (χ3n) is 3.91. The summed E-state index contributed by atoms with van der Waals surface area (Å²) in [6.07, 6.45) is 2.93. The first kappa shape index (κ1) is 15.5. The van der Waals surface area contributed by atoms with Crippen LogP contribution in [0.5, 0.6) is 0 Å². The van der Waals surface area contributed by atoms with E-state index in [2.05, 4.69) is 33.7 Å². The molecule has 2 aromatic heterocycles. The second-order valence-corrected chi connectivity index (χ2v) is 7.64. The molecule has 0 aliphatic carbocycles. The van der Waals surface area contributed by atoms with E-state index in [4.69, 9.17) is 5.73 Å². The monoisotopic (exact) mass is 322 g/mol. The van der Waals surface area contributed by atoms with Gasteiger partial charge >= 0.3 is 0 Å². The molecule has 0 bridgehead atoms. The zero-order chi connectivity index (χ0) is 15.7. The molecular weight excluding hydrogens is 300 g/mol. The van der Waals surface area contributed by atoms with E-state index in [1.807, 2.05) is 16.3 Å². The lowest BCUT2D eigenvalue weighted by Crippen LogP contribution is -2.24. The van der Waals surface area contributed by atoms with Crippen molar-refractivity contribution in [1.82, 2.24) is 24.4 Å². The third kappa shape index (κ3) is 3.18. The third-order valence-corrected chi connectivity index (χ3v) is 5.19. The highest BCUT2D eigenvalue weighted by Crippen LogP contribution is 2.24. The zero-order valence-electron chi connectivity index (χ0n) is 12.9. The molecule has 0 aromatic carbocycles. The summed E-state index contributed by atoms with van der Waals surface area (Å²) in [7, 11) is 0. The van der Waals surface area contributed by atoms with Crippen molar-refractivity contribution in [2.45, 2.75) is 31.9 Å². The molecule has 0 unspecified atom stereocenters. The van der Waals surface area contributed by atoms with Gasteiger partial charge in [0.15, 0.2) is 11.5 Å². The highest BCUT2D eigenvalue weighted by Gasteiger charge is 2.31. The van der Waals surface area contributed by atoms with Crippen LogP contribution in [0, 0.1) is 5.92 Å². The zero-order valence-corrected chi connectivity index (χ0v) is 13.7. The Labute approximate surface area is 133 Å². The number of aliphatic hydroxyl groups is 1. The minimum absolute atomic E-state index is 0.263. The Morgan fingerprint density at radius 3 is 2.95 bits per heavy atom. The molecule has 1 fully saturated rings. The number of nitrogens with zero attached hydrogens (tertiary/aromatic N) is 5. The Morgan fingerprint density at radius 2 is 2.18 bits per heavy atom. The number of hydrogen-bond acceptors (Lipinski definition) is 7. The smallest absolute Gasteiger partial charge is 0.166 e. The SMILES string of the molecule is CC(C)SC[C@H]1CN(Cn2cnc3c(N)ncnc32)C[C@@H]1O. The number of nitrogens with two attached hydrogens (primary N) is 1. The predicted molar refractivity (Wildman–Crippen MR) is 88.4 cm³/mol. The van der Waals surface area contributed by atoms with Gasteiger partial charge in [-0.15, -0.1) is 0 Å². The molecule has 1 aliphatic rings.